The number of halogens is 1. The fourth-order valence-corrected chi connectivity index (χ4v) is 4.39. The molecule has 1 N–H and O–H groups in total. The molecule has 0 radical (unpaired) electrons. The van der Waals surface area contributed by atoms with E-state index in [2.05, 4.69) is 5.32 Å². The number of carbonyl (C=O) groups is 2. The number of rotatable bonds is 11. The number of nitrogens with one attached hydrogen (secondary N) is 1. The second-order valence-electron chi connectivity index (χ2n) is 8.98. The minimum Gasteiger partial charge on any atom is -0.496 e. The summed E-state index contributed by atoms with van der Waals surface area (Å²) >= 11 is 0. The topological polar surface area (TPSA) is 58.6 Å². The summed E-state index contributed by atoms with van der Waals surface area (Å²) in [7, 11) is 1.59. The number of nitrogens with zero attached hydrogens (tertiary/aromatic N) is 1. The van der Waals surface area contributed by atoms with E-state index in [0.717, 1.165) is 16.7 Å². The summed E-state index contributed by atoms with van der Waals surface area (Å²) < 4.78 is 19.0. The first kappa shape index (κ1) is 26.6. The second kappa shape index (κ2) is 13.2. The van der Waals surface area contributed by atoms with Gasteiger partial charge in [0.25, 0.3) is 0 Å². The molecule has 0 unspecified atom stereocenters. The summed E-state index contributed by atoms with van der Waals surface area (Å²) in [6.45, 7) is 0.407. The highest BCUT2D eigenvalue weighted by atomic mass is 19.1. The summed E-state index contributed by atoms with van der Waals surface area (Å²) in [5.41, 5.74) is 3.30. The van der Waals surface area contributed by atoms with Gasteiger partial charge in [0, 0.05) is 25.1 Å². The van der Waals surface area contributed by atoms with Crippen molar-refractivity contribution in [3.63, 3.8) is 0 Å². The molecule has 0 saturated carbocycles. The first-order valence-corrected chi connectivity index (χ1v) is 12.6. The van der Waals surface area contributed by atoms with Gasteiger partial charge in [-0.05, 0) is 41.3 Å². The lowest BCUT2D eigenvalue weighted by Gasteiger charge is -2.32. The van der Waals surface area contributed by atoms with Crippen LogP contribution in [-0.4, -0.2) is 23.8 Å². The summed E-state index contributed by atoms with van der Waals surface area (Å²) in [4.78, 5) is 29.1. The Morgan fingerprint density at radius 1 is 0.816 bits per heavy atom. The third kappa shape index (κ3) is 7.07. The van der Waals surface area contributed by atoms with Crippen molar-refractivity contribution in [2.45, 2.75) is 32.0 Å². The molecule has 0 aliphatic carbocycles. The van der Waals surface area contributed by atoms with Crippen LogP contribution in [0.5, 0.6) is 5.75 Å². The molecular formula is C32H31FN2O3. The molecule has 0 saturated heterocycles. The van der Waals surface area contributed by atoms with Crippen molar-refractivity contribution >= 4 is 11.8 Å². The van der Waals surface area contributed by atoms with Gasteiger partial charge in [-0.15, -0.1) is 0 Å². The van der Waals surface area contributed by atoms with Crippen LogP contribution in [0.15, 0.2) is 109 Å². The second-order valence-corrected chi connectivity index (χ2v) is 8.98. The maximum absolute atomic E-state index is 13.8. The SMILES string of the molecule is COc1ccccc1CNC(=O)[C@@H](c1ccccc1)N(Cc1ccc(F)cc1)C(=O)CCc1ccccc1. The van der Waals surface area contributed by atoms with Crippen LogP contribution in [0.1, 0.15) is 34.7 Å². The molecule has 0 aromatic heterocycles. The quantitative estimate of drug-likeness (QED) is 0.275. The number of hydrogen-bond donors (Lipinski definition) is 1. The van der Waals surface area contributed by atoms with E-state index < -0.39 is 6.04 Å². The highest BCUT2D eigenvalue weighted by Gasteiger charge is 2.31. The number of aryl methyl sites for hydroxylation is 1. The fraction of sp³-hybridized carbons (Fsp3) is 0.188. The van der Waals surface area contributed by atoms with Gasteiger partial charge in [0.1, 0.15) is 17.6 Å². The molecular weight excluding hydrogens is 479 g/mol. The van der Waals surface area contributed by atoms with Gasteiger partial charge in [-0.2, -0.15) is 0 Å². The van der Waals surface area contributed by atoms with Crippen molar-refractivity contribution in [3.8, 4) is 5.75 Å². The van der Waals surface area contributed by atoms with Crippen LogP contribution in [-0.2, 0) is 29.1 Å². The molecule has 1 atom stereocenters. The maximum atomic E-state index is 13.8. The number of benzene rings is 4. The minimum absolute atomic E-state index is 0.162. The van der Waals surface area contributed by atoms with E-state index in [1.807, 2.05) is 84.9 Å². The van der Waals surface area contributed by atoms with Crippen LogP contribution >= 0.6 is 0 Å². The van der Waals surface area contributed by atoms with E-state index in [4.69, 9.17) is 4.74 Å². The zero-order valence-corrected chi connectivity index (χ0v) is 21.3. The molecule has 4 aromatic carbocycles. The lowest BCUT2D eigenvalue weighted by Crippen LogP contribution is -2.43. The van der Waals surface area contributed by atoms with Gasteiger partial charge in [-0.25, -0.2) is 4.39 Å². The van der Waals surface area contributed by atoms with Crippen molar-refractivity contribution in [1.29, 1.82) is 0 Å². The van der Waals surface area contributed by atoms with E-state index in [1.54, 1.807) is 24.1 Å². The van der Waals surface area contributed by atoms with Crippen molar-refractivity contribution in [1.82, 2.24) is 10.2 Å². The molecule has 0 spiro atoms. The van der Waals surface area contributed by atoms with Gasteiger partial charge in [0.05, 0.1) is 7.11 Å². The molecule has 0 bridgehead atoms. The Kier molecular flexibility index (Phi) is 9.24. The standard InChI is InChI=1S/C32H31FN2O3/c1-38-29-15-9-8-14-27(29)22-34-32(37)31(26-12-6-3-7-13-26)35(23-25-16-19-28(33)20-17-25)30(36)21-18-24-10-4-2-5-11-24/h2-17,19-20,31H,18,21-23H2,1H3,(H,34,37)/t31-/m1/s1. The van der Waals surface area contributed by atoms with Crippen LogP contribution in [0.2, 0.25) is 0 Å². The first-order chi connectivity index (χ1) is 18.5. The van der Waals surface area contributed by atoms with Crippen LogP contribution in [0.3, 0.4) is 0 Å². The van der Waals surface area contributed by atoms with Gasteiger partial charge >= 0.3 is 0 Å². The Hall–Kier alpha value is -4.45. The molecule has 2 amide bonds. The molecule has 38 heavy (non-hydrogen) atoms. The Labute approximate surface area is 222 Å². The van der Waals surface area contributed by atoms with E-state index in [9.17, 15) is 14.0 Å². The molecule has 0 aliphatic rings. The highest BCUT2D eigenvalue weighted by Crippen LogP contribution is 2.26. The molecule has 4 aromatic rings. The van der Waals surface area contributed by atoms with Crippen molar-refractivity contribution in [3.05, 3.63) is 137 Å². The summed E-state index contributed by atoms with van der Waals surface area (Å²) in [6.07, 6.45) is 0.776. The zero-order valence-electron chi connectivity index (χ0n) is 21.3. The Balaban J connectivity index is 1.63. The molecule has 5 nitrogen and oxygen atoms in total. The molecule has 0 fully saturated rings. The third-order valence-corrected chi connectivity index (χ3v) is 6.38. The number of ether oxygens (including phenoxy) is 1. The normalized spacial score (nSPS) is 11.4. The number of carbonyl (C=O) groups excluding carboxylic acids is 2. The van der Waals surface area contributed by atoms with Crippen molar-refractivity contribution in [2.24, 2.45) is 0 Å². The third-order valence-electron chi connectivity index (χ3n) is 6.38. The predicted octanol–water partition coefficient (Wildman–Crippen LogP) is 5.85. The summed E-state index contributed by atoms with van der Waals surface area (Å²) in [5.74, 6) is -0.159. The maximum Gasteiger partial charge on any atom is 0.247 e. The van der Waals surface area contributed by atoms with Crippen molar-refractivity contribution < 1.29 is 18.7 Å². The lowest BCUT2D eigenvalue weighted by molar-refractivity contribution is -0.141. The fourth-order valence-electron chi connectivity index (χ4n) is 4.39. The number of para-hydroxylation sites is 1. The largest absolute Gasteiger partial charge is 0.496 e. The van der Waals surface area contributed by atoms with E-state index in [-0.39, 0.29) is 37.1 Å². The molecule has 4 rings (SSSR count). The Morgan fingerprint density at radius 3 is 2.13 bits per heavy atom. The Morgan fingerprint density at radius 2 is 1.45 bits per heavy atom. The van der Waals surface area contributed by atoms with Crippen LogP contribution in [0.25, 0.3) is 0 Å². The lowest BCUT2D eigenvalue weighted by atomic mass is 10.0. The average Bonchev–Trinajstić information content (AvgIpc) is 2.96. The van der Waals surface area contributed by atoms with Gasteiger partial charge in [-0.3, -0.25) is 9.59 Å². The first-order valence-electron chi connectivity index (χ1n) is 12.6. The number of hydrogen-bond acceptors (Lipinski definition) is 3. The summed E-state index contributed by atoms with van der Waals surface area (Å²) in [5, 5.41) is 3.00. The van der Waals surface area contributed by atoms with Gasteiger partial charge in [-0.1, -0.05) is 91.0 Å². The molecule has 0 aliphatic heterocycles. The molecule has 6 heteroatoms. The van der Waals surface area contributed by atoms with E-state index >= 15 is 0 Å². The van der Waals surface area contributed by atoms with E-state index in [1.165, 1.54) is 12.1 Å². The summed E-state index contributed by atoms with van der Waals surface area (Å²) in [6, 6.07) is 31.6. The highest BCUT2D eigenvalue weighted by molar-refractivity contribution is 5.89. The van der Waals surface area contributed by atoms with Gasteiger partial charge in [0.15, 0.2) is 0 Å². The zero-order chi connectivity index (χ0) is 26.7. The predicted molar refractivity (Wildman–Crippen MR) is 146 cm³/mol. The average molecular weight is 511 g/mol. The van der Waals surface area contributed by atoms with Crippen LogP contribution < -0.4 is 10.1 Å². The monoisotopic (exact) mass is 510 g/mol. The minimum atomic E-state index is -0.876. The van der Waals surface area contributed by atoms with Crippen LogP contribution in [0, 0.1) is 5.82 Å². The number of amides is 2. The molecule has 0 heterocycles. The van der Waals surface area contributed by atoms with Crippen LogP contribution in [0.4, 0.5) is 4.39 Å². The van der Waals surface area contributed by atoms with Gasteiger partial charge < -0.3 is 15.0 Å². The number of methoxy groups -OCH3 is 1. The van der Waals surface area contributed by atoms with E-state index in [0.29, 0.717) is 17.7 Å². The Bertz CT molecular complexity index is 1330. The van der Waals surface area contributed by atoms with Gasteiger partial charge in [0.2, 0.25) is 11.8 Å². The smallest absolute Gasteiger partial charge is 0.247 e. The van der Waals surface area contributed by atoms with Crippen molar-refractivity contribution in [2.75, 3.05) is 7.11 Å². The molecule has 194 valence electrons.